The van der Waals surface area contributed by atoms with Crippen molar-refractivity contribution in [3.63, 3.8) is 0 Å². The minimum absolute atomic E-state index is 0.0446. The zero-order valence-electron chi connectivity index (χ0n) is 13.3. The molecule has 2 aromatic heterocycles. The number of nitrogens with one attached hydrogen (secondary N) is 2. The molecule has 1 amide bonds. The molecule has 0 radical (unpaired) electrons. The minimum Gasteiger partial charge on any atom is -0.321 e. The number of nitro groups is 1. The molecule has 2 heterocycles. The third-order valence-electron chi connectivity index (χ3n) is 3.83. The Balaban J connectivity index is 1.56. The number of anilines is 1. The molecule has 9 nitrogen and oxygen atoms in total. The first-order valence-corrected chi connectivity index (χ1v) is 7.65. The van der Waals surface area contributed by atoms with E-state index in [1.54, 1.807) is 42.7 Å². The van der Waals surface area contributed by atoms with Gasteiger partial charge in [-0.25, -0.2) is 4.68 Å². The summed E-state index contributed by atoms with van der Waals surface area (Å²) in [5, 5.41) is 25.5. The lowest BCUT2D eigenvalue weighted by molar-refractivity contribution is -0.384. The van der Waals surface area contributed by atoms with Crippen molar-refractivity contribution in [2.24, 2.45) is 0 Å². The smallest absolute Gasteiger partial charge is 0.276 e. The summed E-state index contributed by atoms with van der Waals surface area (Å²) in [7, 11) is 0. The van der Waals surface area contributed by atoms with Gasteiger partial charge < -0.3 is 5.32 Å². The third-order valence-corrected chi connectivity index (χ3v) is 3.83. The average Bonchev–Trinajstić information content (AvgIpc) is 3.31. The van der Waals surface area contributed by atoms with Crippen molar-refractivity contribution in [3.05, 3.63) is 76.7 Å². The number of nitro benzene ring substituents is 1. The fraction of sp³-hybridized carbons (Fsp3) is 0. The summed E-state index contributed by atoms with van der Waals surface area (Å²) >= 11 is 0. The SMILES string of the molecule is O=C(Nc1ccc2cn[nH]c2c1)c1ccn(-c2cccc([N+](=O)[O-])c2)n1. The number of aromatic nitrogens is 4. The highest BCUT2D eigenvalue weighted by molar-refractivity contribution is 6.03. The number of nitrogens with zero attached hydrogens (tertiary/aromatic N) is 4. The number of amides is 1. The largest absolute Gasteiger partial charge is 0.321 e. The highest BCUT2D eigenvalue weighted by atomic mass is 16.6. The van der Waals surface area contributed by atoms with Gasteiger partial charge in [-0.15, -0.1) is 0 Å². The summed E-state index contributed by atoms with van der Waals surface area (Å²) in [5.74, 6) is -0.381. The summed E-state index contributed by atoms with van der Waals surface area (Å²) in [6.07, 6.45) is 3.27. The van der Waals surface area contributed by atoms with Crippen LogP contribution in [-0.2, 0) is 0 Å². The zero-order valence-corrected chi connectivity index (χ0v) is 13.3. The number of carbonyl (C=O) groups is 1. The molecular formula is C17H12N6O3. The van der Waals surface area contributed by atoms with E-state index in [4.69, 9.17) is 0 Å². The molecule has 4 aromatic rings. The molecule has 26 heavy (non-hydrogen) atoms. The predicted molar refractivity (Wildman–Crippen MR) is 94.3 cm³/mol. The monoisotopic (exact) mass is 348 g/mol. The fourth-order valence-corrected chi connectivity index (χ4v) is 2.55. The number of hydrogen-bond acceptors (Lipinski definition) is 5. The molecule has 0 aliphatic carbocycles. The molecule has 0 saturated heterocycles. The van der Waals surface area contributed by atoms with Crippen LogP contribution in [0.5, 0.6) is 0 Å². The van der Waals surface area contributed by atoms with E-state index in [0.717, 1.165) is 10.9 Å². The van der Waals surface area contributed by atoms with Crippen molar-refractivity contribution >= 4 is 28.2 Å². The summed E-state index contributed by atoms with van der Waals surface area (Å²) < 4.78 is 1.42. The van der Waals surface area contributed by atoms with Gasteiger partial charge in [0.1, 0.15) is 0 Å². The molecule has 2 aromatic carbocycles. The van der Waals surface area contributed by atoms with Crippen LogP contribution in [-0.4, -0.2) is 30.8 Å². The Bertz CT molecular complexity index is 1130. The van der Waals surface area contributed by atoms with Gasteiger partial charge in [-0.05, 0) is 30.3 Å². The van der Waals surface area contributed by atoms with Crippen LogP contribution < -0.4 is 5.32 Å². The van der Waals surface area contributed by atoms with Crippen molar-refractivity contribution in [3.8, 4) is 5.69 Å². The molecular weight excluding hydrogens is 336 g/mol. The van der Waals surface area contributed by atoms with Crippen molar-refractivity contribution in [1.29, 1.82) is 0 Å². The molecule has 0 bridgehead atoms. The summed E-state index contributed by atoms with van der Waals surface area (Å²) in [5.41, 5.74) is 2.07. The van der Waals surface area contributed by atoms with Gasteiger partial charge >= 0.3 is 0 Å². The van der Waals surface area contributed by atoms with E-state index in [0.29, 0.717) is 11.4 Å². The molecule has 128 valence electrons. The van der Waals surface area contributed by atoms with Crippen LogP contribution >= 0.6 is 0 Å². The standard InChI is InChI=1S/C17H12N6O3/c24-17(19-12-5-4-11-10-18-20-16(11)8-12)15-6-7-22(21-15)13-2-1-3-14(9-13)23(25)26/h1-10H,(H,18,20)(H,19,24). The van der Waals surface area contributed by atoms with E-state index < -0.39 is 4.92 Å². The number of aromatic amines is 1. The highest BCUT2D eigenvalue weighted by Gasteiger charge is 2.13. The Kier molecular flexibility index (Phi) is 3.66. The normalized spacial score (nSPS) is 10.8. The molecule has 0 atom stereocenters. The third kappa shape index (κ3) is 2.88. The summed E-state index contributed by atoms with van der Waals surface area (Å²) in [6, 6.07) is 13.0. The van der Waals surface area contributed by atoms with Crippen molar-refractivity contribution < 1.29 is 9.72 Å². The molecule has 9 heteroatoms. The Morgan fingerprint density at radius 1 is 1.19 bits per heavy atom. The molecule has 0 aliphatic heterocycles. The molecule has 0 unspecified atom stereocenters. The Labute approximate surface area is 146 Å². The van der Waals surface area contributed by atoms with Gasteiger partial charge in [-0.3, -0.25) is 20.0 Å². The van der Waals surface area contributed by atoms with Crippen LogP contribution in [0.15, 0.2) is 60.9 Å². The van der Waals surface area contributed by atoms with Gasteiger partial charge in [-0.1, -0.05) is 6.07 Å². The number of benzene rings is 2. The number of fused-ring (bicyclic) bond motifs is 1. The average molecular weight is 348 g/mol. The van der Waals surface area contributed by atoms with E-state index >= 15 is 0 Å². The topological polar surface area (TPSA) is 119 Å². The van der Waals surface area contributed by atoms with Crippen molar-refractivity contribution in [1.82, 2.24) is 20.0 Å². The lowest BCUT2D eigenvalue weighted by Crippen LogP contribution is -2.13. The first-order chi connectivity index (χ1) is 12.6. The maximum Gasteiger partial charge on any atom is 0.276 e. The Morgan fingerprint density at radius 3 is 2.92 bits per heavy atom. The Morgan fingerprint density at radius 2 is 2.08 bits per heavy atom. The van der Waals surface area contributed by atoms with Crippen LogP contribution in [0.1, 0.15) is 10.5 Å². The molecule has 0 aliphatic rings. The van der Waals surface area contributed by atoms with Crippen LogP contribution in [0.3, 0.4) is 0 Å². The van der Waals surface area contributed by atoms with Crippen LogP contribution in [0.4, 0.5) is 11.4 Å². The van der Waals surface area contributed by atoms with E-state index in [1.807, 2.05) is 6.07 Å². The first-order valence-electron chi connectivity index (χ1n) is 7.65. The number of rotatable bonds is 4. The first kappa shape index (κ1) is 15.5. The quantitative estimate of drug-likeness (QED) is 0.434. The van der Waals surface area contributed by atoms with Crippen molar-refractivity contribution in [2.75, 3.05) is 5.32 Å². The second-order valence-electron chi connectivity index (χ2n) is 5.55. The van der Waals surface area contributed by atoms with E-state index in [2.05, 4.69) is 20.6 Å². The lowest BCUT2D eigenvalue weighted by atomic mass is 10.2. The van der Waals surface area contributed by atoms with Crippen LogP contribution in [0.25, 0.3) is 16.6 Å². The fourth-order valence-electron chi connectivity index (χ4n) is 2.55. The van der Waals surface area contributed by atoms with Crippen LogP contribution in [0.2, 0.25) is 0 Å². The highest BCUT2D eigenvalue weighted by Crippen LogP contribution is 2.18. The predicted octanol–water partition coefficient (Wildman–Crippen LogP) is 2.91. The van der Waals surface area contributed by atoms with Gasteiger partial charge in [0.05, 0.1) is 22.3 Å². The molecule has 0 fully saturated rings. The van der Waals surface area contributed by atoms with Gasteiger partial charge in [0.2, 0.25) is 0 Å². The molecule has 0 spiro atoms. The maximum atomic E-state index is 12.4. The van der Waals surface area contributed by atoms with Gasteiger partial charge in [-0.2, -0.15) is 10.2 Å². The molecule has 4 rings (SSSR count). The molecule has 0 saturated carbocycles. The minimum atomic E-state index is -0.480. The lowest BCUT2D eigenvalue weighted by Gasteiger charge is -2.03. The zero-order chi connectivity index (χ0) is 18.1. The van der Waals surface area contributed by atoms with E-state index in [9.17, 15) is 14.9 Å². The van der Waals surface area contributed by atoms with Gasteiger partial charge in [0.15, 0.2) is 5.69 Å². The Hall–Kier alpha value is -4.01. The second kappa shape index (κ2) is 6.13. The van der Waals surface area contributed by atoms with Crippen molar-refractivity contribution in [2.45, 2.75) is 0 Å². The number of carbonyl (C=O) groups excluding carboxylic acids is 1. The van der Waals surface area contributed by atoms with Crippen LogP contribution in [0, 0.1) is 10.1 Å². The summed E-state index contributed by atoms with van der Waals surface area (Å²) in [4.78, 5) is 22.8. The summed E-state index contributed by atoms with van der Waals surface area (Å²) in [6.45, 7) is 0. The number of hydrogen-bond donors (Lipinski definition) is 2. The second-order valence-corrected chi connectivity index (χ2v) is 5.55. The van der Waals surface area contributed by atoms with Gasteiger partial charge in [0.25, 0.3) is 11.6 Å². The maximum absolute atomic E-state index is 12.4. The van der Waals surface area contributed by atoms with E-state index in [1.165, 1.54) is 16.8 Å². The van der Waals surface area contributed by atoms with Gasteiger partial charge in [0, 0.05) is 29.4 Å². The molecule has 2 N–H and O–H groups in total. The van der Waals surface area contributed by atoms with E-state index in [-0.39, 0.29) is 17.3 Å². The number of non-ortho nitro benzene ring substituents is 1. The number of H-pyrrole nitrogens is 1.